The van der Waals surface area contributed by atoms with Gasteiger partial charge >= 0.3 is 0 Å². The smallest absolute Gasteiger partial charge is 0.254 e. The highest BCUT2D eigenvalue weighted by Crippen LogP contribution is 2.16. The van der Waals surface area contributed by atoms with Crippen molar-refractivity contribution in [3.63, 3.8) is 0 Å². The third-order valence-electron chi connectivity index (χ3n) is 2.37. The van der Waals surface area contributed by atoms with Crippen molar-refractivity contribution < 1.29 is 4.79 Å². The van der Waals surface area contributed by atoms with Crippen LogP contribution in [0.25, 0.3) is 0 Å². The van der Waals surface area contributed by atoms with Gasteiger partial charge < -0.3 is 4.90 Å². The molecule has 1 aromatic carbocycles. The lowest BCUT2D eigenvalue weighted by atomic mass is 10.1. The molecule has 1 aromatic rings. The molecule has 84 valence electrons. The van der Waals surface area contributed by atoms with E-state index in [-0.39, 0.29) is 5.91 Å². The first kappa shape index (κ1) is 12.6. The van der Waals surface area contributed by atoms with Gasteiger partial charge in [-0.3, -0.25) is 4.79 Å². The molecule has 0 heterocycles. The fourth-order valence-electron chi connectivity index (χ4n) is 1.47. The van der Waals surface area contributed by atoms with Crippen molar-refractivity contribution in [3.8, 4) is 12.3 Å². The van der Waals surface area contributed by atoms with Crippen molar-refractivity contribution in [3.05, 3.63) is 34.3 Å². The number of aryl methyl sites for hydroxylation is 1. The number of carbonyl (C=O) groups excluding carboxylic acids is 1. The van der Waals surface area contributed by atoms with Gasteiger partial charge in [0, 0.05) is 17.1 Å². The van der Waals surface area contributed by atoms with E-state index >= 15 is 0 Å². The van der Waals surface area contributed by atoms with E-state index in [1.54, 1.807) is 23.1 Å². The van der Waals surface area contributed by atoms with Crippen LogP contribution in [0.4, 0.5) is 0 Å². The van der Waals surface area contributed by atoms with Gasteiger partial charge in [-0.2, -0.15) is 0 Å². The van der Waals surface area contributed by atoms with Gasteiger partial charge in [0.2, 0.25) is 0 Å². The molecule has 2 nitrogen and oxygen atoms in total. The van der Waals surface area contributed by atoms with E-state index in [2.05, 4.69) is 5.92 Å². The molecule has 0 aromatic heterocycles. The quantitative estimate of drug-likeness (QED) is 0.738. The molecular formula is C13H14ClNO. The molecule has 1 rings (SSSR count). The van der Waals surface area contributed by atoms with Crippen LogP contribution >= 0.6 is 11.6 Å². The summed E-state index contributed by atoms with van der Waals surface area (Å²) in [4.78, 5) is 13.7. The van der Waals surface area contributed by atoms with Crippen LogP contribution in [0.3, 0.4) is 0 Å². The van der Waals surface area contributed by atoms with E-state index < -0.39 is 0 Å². The van der Waals surface area contributed by atoms with E-state index in [0.29, 0.717) is 23.7 Å². The number of carbonyl (C=O) groups is 1. The van der Waals surface area contributed by atoms with Crippen LogP contribution in [0.15, 0.2) is 18.2 Å². The predicted molar refractivity (Wildman–Crippen MR) is 66.6 cm³/mol. The number of halogens is 1. The molecule has 3 heteroatoms. The largest absolute Gasteiger partial charge is 0.328 e. The van der Waals surface area contributed by atoms with Crippen molar-refractivity contribution in [2.75, 3.05) is 13.1 Å². The first-order valence-corrected chi connectivity index (χ1v) is 5.46. The van der Waals surface area contributed by atoms with Crippen molar-refractivity contribution >= 4 is 17.5 Å². The summed E-state index contributed by atoms with van der Waals surface area (Å²) in [6, 6.07) is 5.23. The second-order valence-electron chi connectivity index (χ2n) is 3.48. The summed E-state index contributed by atoms with van der Waals surface area (Å²) in [5.41, 5.74) is 1.52. The Balaban J connectivity index is 3.00. The number of nitrogens with zero attached hydrogens (tertiary/aromatic N) is 1. The topological polar surface area (TPSA) is 20.3 Å². The van der Waals surface area contributed by atoms with Crippen LogP contribution in [-0.4, -0.2) is 23.9 Å². The fourth-order valence-corrected chi connectivity index (χ4v) is 1.70. The maximum Gasteiger partial charge on any atom is 0.254 e. The SMILES string of the molecule is C#CCN(CC)C(=O)c1ccc(Cl)cc1C. The standard InChI is InChI=1S/C13H14ClNO/c1-4-8-15(5-2)13(16)12-7-6-11(14)9-10(12)3/h1,6-7,9H,5,8H2,2-3H3. The monoisotopic (exact) mass is 235 g/mol. The van der Waals surface area contributed by atoms with Crippen LogP contribution in [0.1, 0.15) is 22.8 Å². The minimum absolute atomic E-state index is 0.0467. The predicted octanol–water partition coefficient (Wildman–Crippen LogP) is 2.74. The van der Waals surface area contributed by atoms with E-state index in [4.69, 9.17) is 18.0 Å². The molecule has 16 heavy (non-hydrogen) atoms. The van der Waals surface area contributed by atoms with Gasteiger partial charge in [-0.1, -0.05) is 17.5 Å². The third kappa shape index (κ3) is 2.77. The lowest BCUT2D eigenvalue weighted by Gasteiger charge is -2.19. The number of rotatable bonds is 3. The third-order valence-corrected chi connectivity index (χ3v) is 2.61. The Labute approximate surface area is 101 Å². The average Bonchev–Trinajstić information content (AvgIpc) is 2.25. The van der Waals surface area contributed by atoms with Crippen molar-refractivity contribution in [2.24, 2.45) is 0 Å². The molecule has 0 atom stereocenters. The van der Waals surface area contributed by atoms with E-state index in [0.717, 1.165) is 5.56 Å². The summed E-state index contributed by atoms with van der Waals surface area (Å²) in [7, 11) is 0. The fraction of sp³-hybridized carbons (Fsp3) is 0.308. The zero-order chi connectivity index (χ0) is 12.1. The van der Waals surface area contributed by atoms with Crippen molar-refractivity contribution in [1.82, 2.24) is 4.90 Å². The highest BCUT2D eigenvalue weighted by Gasteiger charge is 2.15. The summed E-state index contributed by atoms with van der Waals surface area (Å²) in [6.07, 6.45) is 5.22. The zero-order valence-electron chi connectivity index (χ0n) is 9.46. The lowest BCUT2D eigenvalue weighted by Crippen LogP contribution is -2.31. The number of terminal acetylenes is 1. The zero-order valence-corrected chi connectivity index (χ0v) is 10.2. The first-order valence-electron chi connectivity index (χ1n) is 5.09. The van der Waals surface area contributed by atoms with Crippen LogP contribution < -0.4 is 0 Å². The van der Waals surface area contributed by atoms with Gasteiger partial charge in [-0.25, -0.2) is 0 Å². The molecule has 0 aliphatic carbocycles. The summed E-state index contributed by atoms with van der Waals surface area (Å²) in [6.45, 7) is 4.70. The summed E-state index contributed by atoms with van der Waals surface area (Å²) in [5.74, 6) is 2.43. The van der Waals surface area contributed by atoms with Crippen LogP contribution in [0.5, 0.6) is 0 Å². The minimum Gasteiger partial charge on any atom is -0.328 e. The molecule has 0 saturated heterocycles. The Hall–Kier alpha value is -1.46. The molecule has 0 saturated carbocycles. The Morgan fingerprint density at radius 1 is 1.56 bits per heavy atom. The van der Waals surface area contributed by atoms with Gasteiger partial charge in [0.05, 0.1) is 6.54 Å². The Morgan fingerprint density at radius 3 is 2.75 bits per heavy atom. The Kier molecular flexibility index (Phi) is 4.39. The van der Waals surface area contributed by atoms with Gasteiger partial charge in [0.25, 0.3) is 5.91 Å². The summed E-state index contributed by atoms with van der Waals surface area (Å²) >= 11 is 5.84. The summed E-state index contributed by atoms with van der Waals surface area (Å²) < 4.78 is 0. The normalized spacial score (nSPS) is 9.62. The van der Waals surface area contributed by atoms with Gasteiger partial charge in [0.15, 0.2) is 0 Å². The maximum absolute atomic E-state index is 12.1. The molecule has 0 bridgehead atoms. The molecule has 0 spiro atoms. The average molecular weight is 236 g/mol. The minimum atomic E-state index is -0.0467. The Bertz CT molecular complexity index is 434. The van der Waals surface area contributed by atoms with Crippen molar-refractivity contribution in [2.45, 2.75) is 13.8 Å². The molecular weight excluding hydrogens is 222 g/mol. The number of amides is 1. The second-order valence-corrected chi connectivity index (χ2v) is 3.92. The van der Waals surface area contributed by atoms with E-state index in [9.17, 15) is 4.79 Å². The Morgan fingerprint density at radius 2 is 2.25 bits per heavy atom. The van der Waals surface area contributed by atoms with Crippen LogP contribution in [0.2, 0.25) is 5.02 Å². The molecule has 0 aliphatic heterocycles. The van der Waals surface area contributed by atoms with E-state index in [1.165, 1.54) is 0 Å². The molecule has 0 radical (unpaired) electrons. The molecule has 1 amide bonds. The number of benzene rings is 1. The first-order chi connectivity index (χ1) is 7.60. The van der Waals surface area contributed by atoms with Crippen LogP contribution in [-0.2, 0) is 0 Å². The van der Waals surface area contributed by atoms with Gasteiger partial charge in [-0.05, 0) is 37.6 Å². The molecule has 0 N–H and O–H groups in total. The van der Waals surface area contributed by atoms with Gasteiger partial charge in [0.1, 0.15) is 0 Å². The molecule has 0 fully saturated rings. The van der Waals surface area contributed by atoms with Crippen molar-refractivity contribution in [1.29, 1.82) is 0 Å². The van der Waals surface area contributed by atoms with Gasteiger partial charge in [-0.15, -0.1) is 6.42 Å². The summed E-state index contributed by atoms with van der Waals surface area (Å²) in [5, 5.41) is 0.633. The maximum atomic E-state index is 12.1. The highest BCUT2D eigenvalue weighted by atomic mass is 35.5. The number of hydrogen-bond donors (Lipinski definition) is 0. The highest BCUT2D eigenvalue weighted by molar-refractivity contribution is 6.30. The van der Waals surface area contributed by atoms with E-state index in [1.807, 2.05) is 13.8 Å². The molecule has 0 aliphatic rings. The molecule has 0 unspecified atom stereocenters. The number of hydrogen-bond acceptors (Lipinski definition) is 1. The lowest BCUT2D eigenvalue weighted by molar-refractivity contribution is 0.0784. The van der Waals surface area contributed by atoms with Crippen LogP contribution in [0, 0.1) is 19.3 Å². The second kappa shape index (κ2) is 5.58.